The van der Waals surface area contributed by atoms with E-state index in [2.05, 4.69) is 30.3 Å². The van der Waals surface area contributed by atoms with Crippen LogP contribution >= 0.6 is 0 Å². The quantitative estimate of drug-likeness (QED) is 0.139. The van der Waals surface area contributed by atoms with Crippen molar-refractivity contribution < 1.29 is 4.74 Å². The van der Waals surface area contributed by atoms with Crippen molar-refractivity contribution in [1.29, 1.82) is 10.8 Å². The summed E-state index contributed by atoms with van der Waals surface area (Å²) in [5, 5.41) is 16.5. The van der Waals surface area contributed by atoms with Crippen LogP contribution in [0.25, 0.3) is 56.4 Å². The average molecular weight is 608 g/mol. The highest BCUT2D eigenvalue weighted by Crippen LogP contribution is 2.30. The summed E-state index contributed by atoms with van der Waals surface area (Å²) < 4.78 is 5.50. The van der Waals surface area contributed by atoms with E-state index in [-0.39, 0.29) is 11.8 Å². The van der Waals surface area contributed by atoms with Gasteiger partial charge in [-0.2, -0.15) is 0 Å². The molecule has 2 N–H and O–H groups in total. The van der Waals surface area contributed by atoms with E-state index in [0.29, 0.717) is 28.6 Å². The Kier molecular flexibility index (Phi) is 8.21. The van der Waals surface area contributed by atoms with E-state index in [1.54, 1.807) is 12.1 Å². The van der Waals surface area contributed by atoms with E-state index in [1.165, 1.54) is 0 Å². The third-order valence-electron chi connectivity index (χ3n) is 7.76. The summed E-state index contributed by atoms with van der Waals surface area (Å²) >= 11 is 0. The van der Waals surface area contributed by atoms with Crippen LogP contribution in [0.2, 0.25) is 0 Å². The Balaban J connectivity index is 1.12. The molecule has 1 aromatic heterocycles. The lowest BCUT2D eigenvalue weighted by atomic mass is 9.97. The maximum Gasteiger partial charge on any atom is 0.221 e. The Labute approximate surface area is 273 Å². The highest BCUT2D eigenvalue weighted by atomic mass is 16.5. The first-order valence-electron chi connectivity index (χ1n) is 15.2. The lowest BCUT2D eigenvalue weighted by molar-refractivity contribution is 0.538. The maximum absolute atomic E-state index is 8.35. The molecule has 1 heterocycles. The van der Waals surface area contributed by atoms with Gasteiger partial charge in [0, 0.05) is 27.8 Å². The van der Waals surface area contributed by atoms with Crippen LogP contribution in [0.3, 0.4) is 0 Å². The Bertz CT molecular complexity index is 2110. The zero-order valence-electron chi connectivity index (χ0n) is 25.3. The first kappa shape index (κ1) is 29.2. The van der Waals surface area contributed by atoms with Crippen LogP contribution < -0.4 is 0 Å². The second-order valence-electron chi connectivity index (χ2n) is 10.9. The van der Waals surface area contributed by atoms with Crippen molar-refractivity contribution in [2.45, 2.75) is 0 Å². The minimum Gasteiger partial charge on any atom is -0.421 e. The van der Waals surface area contributed by atoms with Gasteiger partial charge in [0.05, 0.1) is 0 Å². The lowest BCUT2D eigenvalue weighted by Crippen LogP contribution is -2.12. The van der Waals surface area contributed by atoms with Gasteiger partial charge in [0.15, 0.2) is 17.5 Å². The molecule has 6 heteroatoms. The van der Waals surface area contributed by atoms with Gasteiger partial charge in [-0.15, -0.1) is 0 Å². The first-order valence-corrected chi connectivity index (χ1v) is 15.2. The van der Waals surface area contributed by atoms with E-state index in [4.69, 9.17) is 30.5 Å². The summed E-state index contributed by atoms with van der Waals surface area (Å²) in [6, 6.07) is 53.3. The van der Waals surface area contributed by atoms with Gasteiger partial charge in [0.2, 0.25) is 11.8 Å². The monoisotopic (exact) mass is 607 g/mol. The molecule has 6 nitrogen and oxygen atoms in total. The van der Waals surface area contributed by atoms with Crippen LogP contribution in [-0.2, 0) is 4.74 Å². The molecule has 0 aliphatic carbocycles. The normalized spacial score (nSPS) is 10.7. The zero-order valence-corrected chi connectivity index (χ0v) is 25.3. The van der Waals surface area contributed by atoms with Crippen LogP contribution in [0.4, 0.5) is 0 Å². The van der Waals surface area contributed by atoms with Gasteiger partial charge in [-0.3, -0.25) is 10.8 Å². The molecular formula is C41H29N5O. The maximum atomic E-state index is 8.35. The van der Waals surface area contributed by atoms with Crippen molar-refractivity contribution >= 4 is 11.8 Å². The highest BCUT2D eigenvalue weighted by Gasteiger charge is 2.13. The fourth-order valence-corrected chi connectivity index (χ4v) is 5.25. The highest BCUT2D eigenvalue weighted by molar-refractivity contribution is 6.04. The molecule has 0 fully saturated rings. The molecule has 224 valence electrons. The molecule has 7 aromatic rings. The molecule has 7 rings (SSSR count). The number of benzene rings is 6. The smallest absolute Gasteiger partial charge is 0.221 e. The topological polar surface area (TPSA) is 95.6 Å². The SMILES string of the molecule is N=C(OC(=N)c1ccc(-c2cccc(-c3ccc(-c4nc(-c5ccccc5)nc(-c5ccccc5)n4)cc3)c2)cc1)c1ccccc1. The lowest BCUT2D eigenvalue weighted by Gasteiger charge is -2.10. The number of rotatable bonds is 7. The van der Waals surface area contributed by atoms with E-state index < -0.39 is 0 Å². The predicted octanol–water partition coefficient (Wildman–Crippen LogP) is 9.57. The fraction of sp³-hybridized carbons (Fsp3) is 0. The Morgan fingerprint density at radius 1 is 0.340 bits per heavy atom. The Hall–Kier alpha value is -6.53. The van der Waals surface area contributed by atoms with Crippen molar-refractivity contribution in [2.75, 3.05) is 0 Å². The molecule has 0 radical (unpaired) electrons. The van der Waals surface area contributed by atoms with Crippen molar-refractivity contribution in [1.82, 2.24) is 15.0 Å². The van der Waals surface area contributed by atoms with Crippen molar-refractivity contribution in [2.24, 2.45) is 0 Å². The second-order valence-corrected chi connectivity index (χ2v) is 10.9. The molecule has 0 aliphatic heterocycles. The van der Waals surface area contributed by atoms with Crippen molar-refractivity contribution in [3.05, 3.63) is 175 Å². The molecular weight excluding hydrogens is 578 g/mol. The van der Waals surface area contributed by atoms with Crippen LogP contribution in [0.5, 0.6) is 0 Å². The Morgan fingerprint density at radius 3 is 1.15 bits per heavy atom. The van der Waals surface area contributed by atoms with Crippen LogP contribution in [-0.4, -0.2) is 26.7 Å². The van der Waals surface area contributed by atoms with E-state index >= 15 is 0 Å². The van der Waals surface area contributed by atoms with Crippen LogP contribution in [0.1, 0.15) is 11.1 Å². The molecule has 0 amide bonds. The number of ether oxygens (including phenoxy) is 1. The number of nitrogens with one attached hydrogen (secondary N) is 2. The van der Waals surface area contributed by atoms with Gasteiger partial charge in [-0.25, -0.2) is 15.0 Å². The summed E-state index contributed by atoms with van der Waals surface area (Å²) in [7, 11) is 0. The zero-order chi connectivity index (χ0) is 32.0. The summed E-state index contributed by atoms with van der Waals surface area (Å²) in [5.41, 5.74) is 8.23. The summed E-state index contributed by atoms with van der Waals surface area (Å²) in [6.07, 6.45) is 0. The molecule has 0 bridgehead atoms. The molecule has 0 saturated heterocycles. The molecule has 0 unspecified atom stereocenters. The summed E-state index contributed by atoms with van der Waals surface area (Å²) in [4.78, 5) is 14.5. The molecule has 6 aromatic carbocycles. The average Bonchev–Trinajstić information content (AvgIpc) is 3.16. The number of hydrogen-bond donors (Lipinski definition) is 2. The number of aromatic nitrogens is 3. The minimum absolute atomic E-state index is 0.0536. The Morgan fingerprint density at radius 2 is 0.681 bits per heavy atom. The molecule has 0 aliphatic rings. The van der Waals surface area contributed by atoms with Crippen molar-refractivity contribution in [3.8, 4) is 56.4 Å². The molecule has 0 spiro atoms. The van der Waals surface area contributed by atoms with Gasteiger partial charge in [-0.1, -0.05) is 133 Å². The standard InChI is InChI=1S/C41H29N5O/c42-37(30-11-4-1-5-12-30)47-38(43)31-23-19-28(20-24-31)35-17-10-18-36(27-35)29-21-25-34(26-22-29)41-45-39(32-13-6-2-7-14-32)44-40(46-41)33-15-8-3-9-16-33/h1-27,42-43H. The van der Waals surface area contributed by atoms with Crippen LogP contribution in [0, 0.1) is 10.8 Å². The predicted molar refractivity (Wildman–Crippen MR) is 188 cm³/mol. The van der Waals surface area contributed by atoms with Gasteiger partial charge in [0.25, 0.3) is 0 Å². The summed E-state index contributed by atoms with van der Waals surface area (Å²) in [5.74, 6) is 1.76. The van der Waals surface area contributed by atoms with Crippen molar-refractivity contribution in [3.63, 3.8) is 0 Å². The molecule has 47 heavy (non-hydrogen) atoms. The van der Waals surface area contributed by atoms with Gasteiger partial charge in [-0.05, 0) is 52.6 Å². The minimum atomic E-state index is -0.0656. The second kappa shape index (κ2) is 13.2. The number of hydrogen-bond acceptors (Lipinski definition) is 6. The van der Waals surface area contributed by atoms with E-state index in [0.717, 1.165) is 38.9 Å². The third-order valence-corrected chi connectivity index (χ3v) is 7.76. The van der Waals surface area contributed by atoms with Gasteiger partial charge in [0.1, 0.15) is 0 Å². The summed E-state index contributed by atoms with van der Waals surface area (Å²) in [6.45, 7) is 0. The molecule has 0 saturated carbocycles. The van der Waals surface area contributed by atoms with Crippen LogP contribution in [0.15, 0.2) is 164 Å². The van der Waals surface area contributed by atoms with Gasteiger partial charge >= 0.3 is 0 Å². The number of nitrogens with zero attached hydrogens (tertiary/aromatic N) is 3. The third kappa shape index (κ3) is 6.62. The molecule has 0 atom stereocenters. The fourth-order valence-electron chi connectivity index (χ4n) is 5.25. The first-order chi connectivity index (χ1) is 23.1. The van der Waals surface area contributed by atoms with E-state index in [9.17, 15) is 0 Å². The van der Waals surface area contributed by atoms with E-state index in [1.807, 2.05) is 121 Å². The van der Waals surface area contributed by atoms with Gasteiger partial charge < -0.3 is 4.74 Å². The largest absolute Gasteiger partial charge is 0.421 e.